The Morgan fingerprint density at radius 3 is 2.65 bits per heavy atom. The minimum atomic E-state index is 0.164. The van der Waals surface area contributed by atoms with Crippen molar-refractivity contribution in [2.24, 2.45) is 17.8 Å². The van der Waals surface area contributed by atoms with E-state index in [1.807, 2.05) is 0 Å². The topological polar surface area (TPSA) is 30.5 Å². The maximum Gasteiger partial charge on any atom is 0.0928 e. The third-order valence-electron chi connectivity index (χ3n) is 4.33. The van der Waals surface area contributed by atoms with Crippen molar-refractivity contribution in [3.8, 4) is 0 Å². The summed E-state index contributed by atoms with van der Waals surface area (Å²) < 4.78 is 10.5. The lowest BCUT2D eigenvalue weighted by Crippen LogP contribution is -2.41. The van der Waals surface area contributed by atoms with Gasteiger partial charge in [-0.2, -0.15) is 0 Å². The van der Waals surface area contributed by atoms with Gasteiger partial charge in [-0.15, -0.1) is 0 Å². The average Bonchev–Trinajstić information content (AvgIpc) is 2.96. The largest absolute Gasteiger partial charge is 0.382 e. The lowest BCUT2D eigenvalue weighted by molar-refractivity contribution is 0.0262. The standard InChI is InChI=1S/C14H25NO2/c1-10(15-8-13(17-3)9-16-2)14-7-11-4-5-12(14)6-11/h4-5,10-15H,6-9H2,1-3H3. The molecule has 1 fully saturated rings. The van der Waals surface area contributed by atoms with Gasteiger partial charge in [-0.25, -0.2) is 0 Å². The predicted molar refractivity (Wildman–Crippen MR) is 69.0 cm³/mol. The van der Waals surface area contributed by atoms with E-state index in [1.165, 1.54) is 12.8 Å². The fourth-order valence-corrected chi connectivity index (χ4v) is 3.26. The molecule has 0 spiro atoms. The maximum atomic E-state index is 5.36. The number of nitrogens with one attached hydrogen (secondary N) is 1. The fraction of sp³-hybridized carbons (Fsp3) is 0.857. The molecule has 0 heterocycles. The average molecular weight is 239 g/mol. The summed E-state index contributed by atoms with van der Waals surface area (Å²) in [5.74, 6) is 2.47. The molecule has 0 aromatic rings. The molecule has 3 heteroatoms. The predicted octanol–water partition coefficient (Wildman–Crippen LogP) is 1.84. The van der Waals surface area contributed by atoms with Crippen LogP contribution in [0.1, 0.15) is 19.8 Å². The minimum Gasteiger partial charge on any atom is -0.382 e. The van der Waals surface area contributed by atoms with Crippen molar-refractivity contribution in [3.05, 3.63) is 12.2 Å². The highest BCUT2D eigenvalue weighted by Gasteiger charge is 2.38. The molecule has 5 atom stereocenters. The lowest BCUT2D eigenvalue weighted by Gasteiger charge is -2.27. The van der Waals surface area contributed by atoms with Crippen LogP contribution in [-0.2, 0) is 9.47 Å². The Kier molecular flexibility index (Phi) is 4.60. The number of fused-ring (bicyclic) bond motifs is 2. The van der Waals surface area contributed by atoms with Crippen LogP contribution in [0.25, 0.3) is 0 Å². The summed E-state index contributed by atoms with van der Waals surface area (Å²) in [6.07, 6.45) is 7.72. The summed E-state index contributed by atoms with van der Waals surface area (Å²) in [6.45, 7) is 3.84. The van der Waals surface area contributed by atoms with Crippen LogP contribution in [0.3, 0.4) is 0 Å². The molecule has 5 unspecified atom stereocenters. The Labute approximate surface area is 105 Å². The number of allylic oxidation sites excluding steroid dienone is 2. The van der Waals surface area contributed by atoms with Crippen molar-refractivity contribution in [1.29, 1.82) is 0 Å². The molecule has 1 saturated carbocycles. The zero-order valence-electron chi connectivity index (χ0n) is 11.2. The smallest absolute Gasteiger partial charge is 0.0928 e. The highest BCUT2D eigenvalue weighted by molar-refractivity contribution is 5.11. The summed E-state index contributed by atoms with van der Waals surface area (Å²) >= 11 is 0. The van der Waals surface area contributed by atoms with Crippen molar-refractivity contribution >= 4 is 0 Å². The molecule has 17 heavy (non-hydrogen) atoms. The van der Waals surface area contributed by atoms with E-state index >= 15 is 0 Å². The molecule has 2 bridgehead atoms. The van der Waals surface area contributed by atoms with Gasteiger partial charge >= 0.3 is 0 Å². The van der Waals surface area contributed by atoms with Gasteiger partial charge in [0.25, 0.3) is 0 Å². The van der Waals surface area contributed by atoms with Crippen LogP contribution in [-0.4, -0.2) is 39.5 Å². The first-order chi connectivity index (χ1) is 8.24. The summed E-state index contributed by atoms with van der Waals surface area (Å²) in [5.41, 5.74) is 0. The quantitative estimate of drug-likeness (QED) is 0.688. The van der Waals surface area contributed by atoms with E-state index in [9.17, 15) is 0 Å². The maximum absolute atomic E-state index is 5.36. The highest BCUT2D eigenvalue weighted by Crippen LogP contribution is 2.44. The van der Waals surface area contributed by atoms with Gasteiger partial charge in [0.1, 0.15) is 0 Å². The molecule has 3 nitrogen and oxygen atoms in total. The van der Waals surface area contributed by atoms with E-state index in [4.69, 9.17) is 9.47 Å². The lowest BCUT2D eigenvalue weighted by atomic mass is 9.87. The van der Waals surface area contributed by atoms with E-state index in [1.54, 1.807) is 14.2 Å². The van der Waals surface area contributed by atoms with Gasteiger partial charge in [-0.05, 0) is 37.5 Å². The minimum absolute atomic E-state index is 0.164. The summed E-state index contributed by atoms with van der Waals surface area (Å²) in [5, 5.41) is 3.61. The van der Waals surface area contributed by atoms with Crippen LogP contribution in [0.5, 0.6) is 0 Å². The van der Waals surface area contributed by atoms with Crippen molar-refractivity contribution < 1.29 is 9.47 Å². The van der Waals surface area contributed by atoms with Gasteiger partial charge in [-0.3, -0.25) is 0 Å². The van der Waals surface area contributed by atoms with Crippen LogP contribution >= 0.6 is 0 Å². The van der Waals surface area contributed by atoms with Crippen molar-refractivity contribution in [1.82, 2.24) is 5.32 Å². The molecule has 1 N–H and O–H groups in total. The summed E-state index contributed by atoms with van der Waals surface area (Å²) in [7, 11) is 3.46. The van der Waals surface area contributed by atoms with E-state index in [-0.39, 0.29) is 6.10 Å². The molecular formula is C14H25NO2. The fourth-order valence-electron chi connectivity index (χ4n) is 3.26. The van der Waals surface area contributed by atoms with Gasteiger partial charge in [0.2, 0.25) is 0 Å². The second kappa shape index (κ2) is 5.98. The van der Waals surface area contributed by atoms with Gasteiger partial charge in [0.05, 0.1) is 12.7 Å². The number of hydrogen-bond acceptors (Lipinski definition) is 3. The first-order valence-corrected chi connectivity index (χ1v) is 6.68. The second-order valence-corrected chi connectivity index (χ2v) is 5.45. The summed E-state index contributed by atoms with van der Waals surface area (Å²) in [6, 6.07) is 0.574. The van der Waals surface area contributed by atoms with Crippen molar-refractivity contribution in [2.75, 3.05) is 27.4 Å². The van der Waals surface area contributed by atoms with E-state index in [0.29, 0.717) is 12.6 Å². The van der Waals surface area contributed by atoms with E-state index in [0.717, 1.165) is 24.3 Å². The Balaban J connectivity index is 1.73. The van der Waals surface area contributed by atoms with Crippen LogP contribution in [0.2, 0.25) is 0 Å². The Morgan fingerprint density at radius 1 is 1.29 bits per heavy atom. The molecule has 0 aromatic heterocycles. The van der Waals surface area contributed by atoms with Crippen molar-refractivity contribution in [3.63, 3.8) is 0 Å². The van der Waals surface area contributed by atoms with E-state index in [2.05, 4.69) is 24.4 Å². The normalized spacial score (nSPS) is 34.2. The zero-order chi connectivity index (χ0) is 12.3. The van der Waals surface area contributed by atoms with E-state index < -0.39 is 0 Å². The molecule has 2 aliphatic carbocycles. The summed E-state index contributed by atoms with van der Waals surface area (Å²) in [4.78, 5) is 0. The van der Waals surface area contributed by atoms with Gasteiger partial charge in [-0.1, -0.05) is 12.2 Å². The number of rotatable bonds is 7. The molecule has 0 radical (unpaired) electrons. The first kappa shape index (κ1) is 13.1. The molecule has 0 amide bonds. The molecule has 0 saturated heterocycles. The molecule has 98 valence electrons. The van der Waals surface area contributed by atoms with Gasteiger partial charge < -0.3 is 14.8 Å². The second-order valence-electron chi connectivity index (χ2n) is 5.45. The monoisotopic (exact) mass is 239 g/mol. The van der Waals surface area contributed by atoms with Crippen LogP contribution < -0.4 is 5.32 Å². The Morgan fingerprint density at radius 2 is 2.12 bits per heavy atom. The van der Waals surface area contributed by atoms with Crippen molar-refractivity contribution in [2.45, 2.75) is 31.9 Å². The highest BCUT2D eigenvalue weighted by atomic mass is 16.5. The molecule has 0 aliphatic heterocycles. The third kappa shape index (κ3) is 3.09. The number of ether oxygens (including phenoxy) is 2. The molecule has 2 rings (SSSR count). The molecule has 0 aromatic carbocycles. The Bertz CT molecular complexity index is 267. The SMILES string of the molecule is COCC(CNC(C)C1CC2C=CC1C2)OC. The number of hydrogen-bond donors (Lipinski definition) is 1. The van der Waals surface area contributed by atoms with Gasteiger partial charge in [0.15, 0.2) is 0 Å². The van der Waals surface area contributed by atoms with Gasteiger partial charge in [0, 0.05) is 26.8 Å². The van der Waals surface area contributed by atoms with Crippen LogP contribution in [0.15, 0.2) is 12.2 Å². The molecular weight excluding hydrogens is 214 g/mol. The van der Waals surface area contributed by atoms with Crippen LogP contribution in [0, 0.1) is 17.8 Å². The third-order valence-corrected chi connectivity index (χ3v) is 4.33. The molecule has 2 aliphatic rings. The first-order valence-electron chi connectivity index (χ1n) is 6.68. The van der Waals surface area contributed by atoms with Crippen LogP contribution in [0.4, 0.5) is 0 Å². The zero-order valence-corrected chi connectivity index (χ0v) is 11.2. The number of methoxy groups -OCH3 is 2. The Hall–Kier alpha value is -0.380.